The fourth-order valence-electron chi connectivity index (χ4n) is 1.75. The van der Waals surface area contributed by atoms with Crippen molar-refractivity contribution in [3.63, 3.8) is 0 Å². The minimum atomic E-state index is -0.289. The Morgan fingerprint density at radius 1 is 1.25 bits per heavy atom. The number of carbonyl (C=O) groups is 1. The van der Waals surface area contributed by atoms with Gasteiger partial charge in [0.05, 0.1) is 18.8 Å². The Bertz CT molecular complexity index is 567. The van der Waals surface area contributed by atoms with E-state index in [1.54, 1.807) is 12.3 Å². The Morgan fingerprint density at radius 3 is 2.65 bits per heavy atom. The Morgan fingerprint density at radius 2 is 2.00 bits per heavy atom. The molecule has 0 aliphatic rings. The lowest BCUT2D eigenvalue weighted by atomic mass is 10.1. The second kappa shape index (κ2) is 6.86. The van der Waals surface area contributed by atoms with Crippen molar-refractivity contribution in [1.29, 1.82) is 0 Å². The molecular weight excluding hydrogens is 272 g/mol. The zero-order valence-electron chi connectivity index (χ0n) is 11.1. The van der Waals surface area contributed by atoms with E-state index in [9.17, 15) is 4.79 Å². The van der Waals surface area contributed by atoms with Crippen LogP contribution in [-0.2, 0) is 11.3 Å². The monoisotopic (exact) mass is 288 g/mol. The van der Waals surface area contributed by atoms with Crippen LogP contribution in [0, 0.1) is 0 Å². The van der Waals surface area contributed by atoms with Crippen molar-refractivity contribution in [3.05, 3.63) is 60.1 Å². The second-order valence-corrected chi connectivity index (χ2v) is 4.78. The van der Waals surface area contributed by atoms with Crippen LogP contribution in [0.1, 0.15) is 24.3 Å². The van der Waals surface area contributed by atoms with Gasteiger partial charge in [-0.25, -0.2) is 0 Å². The van der Waals surface area contributed by atoms with Crippen LogP contribution in [0.5, 0.6) is 0 Å². The molecule has 0 radical (unpaired) electrons. The minimum Gasteiger partial charge on any atom is -0.467 e. The van der Waals surface area contributed by atoms with Crippen LogP contribution >= 0.6 is 12.2 Å². The maximum Gasteiger partial charge on any atom is 0.279 e. The maximum atomic E-state index is 11.9. The number of rotatable bonds is 4. The molecule has 1 heterocycles. The lowest BCUT2D eigenvalue weighted by Crippen LogP contribution is -2.39. The zero-order valence-corrected chi connectivity index (χ0v) is 11.9. The van der Waals surface area contributed by atoms with E-state index in [-0.39, 0.29) is 16.9 Å². The number of furan rings is 1. The molecule has 104 valence electrons. The summed E-state index contributed by atoms with van der Waals surface area (Å²) >= 11 is 5.05. The fraction of sp³-hybridized carbons (Fsp3) is 0.200. The van der Waals surface area contributed by atoms with Gasteiger partial charge >= 0.3 is 0 Å². The summed E-state index contributed by atoms with van der Waals surface area (Å²) in [6.45, 7) is 2.32. The van der Waals surface area contributed by atoms with Crippen LogP contribution in [0.4, 0.5) is 0 Å². The topological polar surface area (TPSA) is 54.3 Å². The first-order valence-corrected chi connectivity index (χ1v) is 6.73. The number of hydrogen-bond acceptors (Lipinski definition) is 3. The van der Waals surface area contributed by atoms with Crippen LogP contribution in [0.2, 0.25) is 0 Å². The molecule has 0 bridgehead atoms. The predicted molar refractivity (Wildman–Crippen MR) is 81.1 cm³/mol. The Hall–Kier alpha value is -2.14. The van der Waals surface area contributed by atoms with Gasteiger partial charge in [-0.3, -0.25) is 4.79 Å². The third-order valence-electron chi connectivity index (χ3n) is 2.86. The van der Waals surface area contributed by atoms with E-state index in [2.05, 4.69) is 10.6 Å². The standard InChI is InChI=1S/C15H16N2O2S/c1-11(12-6-3-2-4-7-12)17-14(18)15(20)16-10-13-8-5-9-19-13/h2-9,11H,10H2,1H3,(H,16,20)(H,17,18). The lowest BCUT2D eigenvalue weighted by molar-refractivity contribution is -0.115. The second-order valence-electron chi connectivity index (χ2n) is 4.37. The first-order chi connectivity index (χ1) is 9.66. The van der Waals surface area contributed by atoms with E-state index in [0.717, 1.165) is 11.3 Å². The molecule has 4 nitrogen and oxygen atoms in total. The van der Waals surface area contributed by atoms with E-state index in [1.807, 2.05) is 43.3 Å². The molecule has 1 unspecified atom stereocenters. The number of nitrogens with one attached hydrogen (secondary N) is 2. The predicted octanol–water partition coefficient (Wildman–Crippen LogP) is 2.57. The summed E-state index contributed by atoms with van der Waals surface area (Å²) in [5.41, 5.74) is 1.04. The van der Waals surface area contributed by atoms with Crippen molar-refractivity contribution in [1.82, 2.24) is 10.6 Å². The average molecular weight is 288 g/mol. The molecule has 2 N–H and O–H groups in total. The van der Waals surface area contributed by atoms with Crippen LogP contribution in [-0.4, -0.2) is 10.9 Å². The molecule has 2 rings (SSSR count). The highest BCUT2D eigenvalue weighted by Gasteiger charge is 2.13. The average Bonchev–Trinajstić information content (AvgIpc) is 2.98. The van der Waals surface area contributed by atoms with E-state index >= 15 is 0 Å². The van der Waals surface area contributed by atoms with Gasteiger partial charge in [-0.1, -0.05) is 42.5 Å². The van der Waals surface area contributed by atoms with E-state index in [4.69, 9.17) is 16.6 Å². The quantitative estimate of drug-likeness (QED) is 0.849. The Balaban J connectivity index is 1.83. The SMILES string of the molecule is CC(NC(=O)C(=S)NCc1ccco1)c1ccccc1. The smallest absolute Gasteiger partial charge is 0.279 e. The zero-order chi connectivity index (χ0) is 14.4. The summed E-state index contributed by atoms with van der Waals surface area (Å²) in [4.78, 5) is 12.1. The lowest BCUT2D eigenvalue weighted by Gasteiger charge is -2.15. The molecule has 0 aliphatic heterocycles. The highest BCUT2D eigenvalue weighted by atomic mass is 32.1. The van der Waals surface area contributed by atoms with Crippen LogP contribution in [0.15, 0.2) is 53.1 Å². The number of amides is 1. The van der Waals surface area contributed by atoms with Crippen molar-refractivity contribution in [2.24, 2.45) is 0 Å². The highest BCUT2D eigenvalue weighted by molar-refractivity contribution is 7.82. The summed E-state index contributed by atoms with van der Waals surface area (Å²) in [5.74, 6) is 0.444. The molecule has 5 heteroatoms. The first-order valence-electron chi connectivity index (χ1n) is 6.33. The molecule has 1 atom stereocenters. The van der Waals surface area contributed by atoms with E-state index in [0.29, 0.717) is 6.54 Å². The largest absolute Gasteiger partial charge is 0.467 e. The molecular formula is C15H16N2O2S. The molecule has 1 aromatic carbocycles. The van der Waals surface area contributed by atoms with Crippen LogP contribution in [0.25, 0.3) is 0 Å². The molecule has 0 spiro atoms. The molecule has 1 amide bonds. The van der Waals surface area contributed by atoms with Crippen molar-refractivity contribution >= 4 is 23.1 Å². The van der Waals surface area contributed by atoms with Gasteiger partial charge < -0.3 is 15.1 Å². The molecule has 1 aromatic heterocycles. The van der Waals surface area contributed by atoms with Crippen LogP contribution in [0.3, 0.4) is 0 Å². The van der Waals surface area contributed by atoms with Gasteiger partial charge in [0.25, 0.3) is 5.91 Å². The van der Waals surface area contributed by atoms with Gasteiger partial charge in [-0.05, 0) is 24.6 Å². The van der Waals surface area contributed by atoms with E-state index in [1.165, 1.54) is 0 Å². The highest BCUT2D eigenvalue weighted by Crippen LogP contribution is 2.10. The Kier molecular flexibility index (Phi) is 4.90. The van der Waals surface area contributed by atoms with Gasteiger partial charge in [-0.15, -0.1) is 0 Å². The minimum absolute atomic E-state index is 0.0907. The molecule has 0 aliphatic carbocycles. The summed E-state index contributed by atoms with van der Waals surface area (Å²) in [6, 6.07) is 13.3. The molecule has 0 saturated heterocycles. The summed E-state index contributed by atoms with van der Waals surface area (Å²) in [7, 11) is 0. The number of benzene rings is 1. The number of thiocarbonyl (C=S) groups is 1. The molecule has 0 saturated carbocycles. The maximum absolute atomic E-state index is 11.9. The van der Waals surface area contributed by atoms with Crippen LogP contribution < -0.4 is 10.6 Å². The van der Waals surface area contributed by atoms with E-state index < -0.39 is 0 Å². The van der Waals surface area contributed by atoms with Gasteiger partial charge in [-0.2, -0.15) is 0 Å². The van der Waals surface area contributed by atoms with Gasteiger partial charge in [0, 0.05) is 0 Å². The van der Waals surface area contributed by atoms with Crippen molar-refractivity contribution in [2.45, 2.75) is 19.5 Å². The third kappa shape index (κ3) is 3.93. The van der Waals surface area contributed by atoms with Crippen molar-refractivity contribution in [3.8, 4) is 0 Å². The Labute approximate surface area is 123 Å². The summed E-state index contributed by atoms with van der Waals surface area (Å²) < 4.78 is 5.16. The molecule has 2 aromatic rings. The number of carbonyl (C=O) groups excluding carboxylic acids is 1. The molecule has 20 heavy (non-hydrogen) atoms. The fourth-order valence-corrected chi connectivity index (χ4v) is 1.88. The normalized spacial score (nSPS) is 11.7. The van der Waals surface area contributed by atoms with Crippen molar-refractivity contribution in [2.75, 3.05) is 0 Å². The third-order valence-corrected chi connectivity index (χ3v) is 3.19. The number of hydrogen-bond donors (Lipinski definition) is 2. The van der Waals surface area contributed by atoms with Gasteiger partial charge in [0.15, 0.2) is 4.99 Å². The van der Waals surface area contributed by atoms with Gasteiger partial charge in [0.2, 0.25) is 0 Å². The van der Waals surface area contributed by atoms with Crippen molar-refractivity contribution < 1.29 is 9.21 Å². The first kappa shape index (κ1) is 14.3. The molecule has 0 fully saturated rings. The summed E-state index contributed by atoms with van der Waals surface area (Å²) in [5, 5.41) is 5.72. The van der Waals surface area contributed by atoms with Gasteiger partial charge in [0.1, 0.15) is 5.76 Å². The summed E-state index contributed by atoms with van der Waals surface area (Å²) in [6.07, 6.45) is 1.58.